The highest BCUT2D eigenvalue weighted by molar-refractivity contribution is 6.37. The van der Waals surface area contributed by atoms with Gasteiger partial charge in [-0.1, -0.05) is 11.6 Å². The highest BCUT2D eigenvalue weighted by atomic mass is 35.5. The van der Waals surface area contributed by atoms with E-state index in [0.29, 0.717) is 29.2 Å². The first-order valence-corrected chi connectivity index (χ1v) is 6.62. The lowest BCUT2D eigenvalue weighted by molar-refractivity contribution is 0.0945. The van der Waals surface area contributed by atoms with E-state index in [1.165, 1.54) is 0 Å². The van der Waals surface area contributed by atoms with E-state index in [9.17, 15) is 4.79 Å². The minimum atomic E-state index is -0.265. The summed E-state index contributed by atoms with van der Waals surface area (Å²) in [6.07, 6.45) is 2.29. The molecule has 106 valence electrons. The lowest BCUT2D eigenvalue weighted by atomic mass is 10.1. The summed E-state index contributed by atoms with van der Waals surface area (Å²) in [6.45, 7) is 1.11. The zero-order valence-corrected chi connectivity index (χ0v) is 11.9. The van der Waals surface area contributed by atoms with E-state index in [0.717, 1.165) is 11.8 Å². The van der Waals surface area contributed by atoms with Crippen LogP contribution >= 0.6 is 11.6 Å². The van der Waals surface area contributed by atoms with Crippen molar-refractivity contribution in [3.63, 3.8) is 0 Å². The van der Waals surface area contributed by atoms with E-state index in [1.54, 1.807) is 31.5 Å². The average molecular weight is 294 g/mol. The number of nitrogens with one attached hydrogen (secondary N) is 1. The van der Waals surface area contributed by atoms with Crippen LogP contribution in [0.1, 0.15) is 16.9 Å². The van der Waals surface area contributed by atoms with Gasteiger partial charge in [0.05, 0.1) is 5.02 Å². The molecule has 2 rings (SSSR count). The molecule has 0 saturated carbocycles. The van der Waals surface area contributed by atoms with Gasteiger partial charge in [0.1, 0.15) is 5.69 Å². The van der Waals surface area contributed by atoms with Crippen LogP contribution in [-0.2, 0) is 4.74 Å². The molecule has 0 unspecified atom stereocenters. The molecule has 2 aromatic rings. The summed E-state index contributed by atoms with van der Waals surface area (Å²) in [5.41, 5.74) is 6.76. The minimum Gasteiger partial charge on any atom is -0.398 e. The van der Waals surface area contributed by atoms with Gasteiger partial charge in [-0.25, -0.2) is 0 Å². The Morgan fingerprint density at radius 2 is 2.25 bits per heavy atom. The lowest BCUT2D eigenvalue weighted by Crippen LogP contribution is -2.26. The van der Waals surface area contributed by atoms with Crippen LogP contribution in [-0.4, -0.2) is 31.2 Å². The summed E-state index contributed by atoms with van der Waals surface area (Å²) < 4.78 is 4.93. The van der Waals surface area contributed by atoms with Crippen molar-refractivity contribution in [1.82, 2.24) is 10.3 Å². The molecule has 6 heteroatoms. The minimum absolute atomic E-state index is 0.265. The highest BCUT2D eigenvalue weighted by Gasteiger charge is 2.15. The number of anilines is 1. The van der Waals surface area contributed by atoms with Gasteiger partial charge in [-0.2, -0.15) is 0 Å². The predicted octanol–water partition coefficient (Wildman–Crippen LogP) is 2.24. The largest absolute Gasteiger partial charge is 0.398 e. The summed E-state index contributed by atoms with van der Waals surface area (Å²) in [4.78, 5) is 16.3. The second kappa shape index (κ2) is 6.54. The van der Waals surface area contributed by atoms with Crippen molar-refractivity contribution in [2.75, 3.05) is 26.0 Å². The highest BCUT2D eigenvalue weighted by Crippen LogP contribution is 2.29. The molecule has 0 fully saturated rings. The van der Waals surface area contributed by atoms with Crippen LogP contribution in [0.4, 0.5) is 5.69 Å². The number of amides is 1. The first kappa shape index (κ1) is 14.6. The van der Waals surface area contributed by atoms with Crippen LogP contribution in [0.5, 0.6) is 0 Å². The molecule has 0 atom stereocenters. The Labute approximate surface area is 122 Å². The van der Waals surface area contributed by atoms with Crippen LogP contribution in [0.2, 0.25) is 5.02 Å². The van der Waals surface area contributed by atoms with Gasteiger partial charge in [0.15, 0.2) is 0 Å². The molecule has 0 saturated heterocycles. The monoisotopic (exact) mass is 293 g/mol. The van der Waals surface area contributed by atoms with Crippen molar-refractivity contribution in [1.29, 1.82) is 0 Å². The van der Waals surface area contributed by atoms with E-state index in [-0.39, 0.29) is 11.6 Å². The Morgan fingerprint density at radius 1 is 1.45 bits per heavy atom. The third-order valence-electron chi connectivity index (χ3n) is 2.94. The normalized spacial score (nSPS) is 10.7. The van der Waals surface area contributed by atoms with Crippen molar-refractivity contribution in [2.45, 2.75) is 6.42 Å². The fraction of sp³-hybridized carbons (Fsp3) is 0.286. The number of halogens is 1. The second-order valence-electron chi connectivity index (χ2n) is 4.32. The molecule has 1 aromatic heterocycles. The van der Waals surface area contributed by atoms with Gasteiger partial charge in [-0.3, -0.25) is 9.78 Å². The molecule has 3 N–H and O–H groups in total. The van der Waals surface area contributed by atoms with E-state index in [2.05, 4.69) is 10.3 Å². The number of nitrogen functional groups attached to an aromatic ring is 1. The molecule has 0 aliphatic rings. The first-order chi connectivity index (χ1) is 9.65. The number of carbonyl (C=O) groups excluding carboxylic acids is 1. The van der Waals surface area contributed by atoms with Gasteiger partial charge in [0, 0.05) is 42.9 Å². The molecular weight excluding hydrogens is 278 g/mol. The van der Waals surface area contributed by atoms with Crippen molar-refractivity contribution in [3.05, 3.63) is 35.1 Å². The van der Waals surface area contributed by atoms with Crippen LogP contribution in [0, 0.1) is 0 Å². The molecule has 0 aliphatic heterocycles. The number of carbonyl (C=O) groups is 1. The molecule has 1 aromatic carbocycles. The molecule has 1 heterocycles. The molecule has 1 amide bonds. The van der Waals surface area contributed by atoms with Crippen LogP contribution < -0.4 is 11.1 Å². The number of hydrogen-bond donors (Lipinski definition) is 2. The quantitative estimate of drug-likeness (QED) is 0.655. The second-order valence-corrected chi connectivity index (χ2v) is 4.73. The van der Waals surface area contributed by atoms with Crippen LogP contribution in [0.3, 0.4) is 0 Å². The fourth-order valence-electron chi connectivity index (χ4n) is 1.95. The van der Waals surface area contributed by atoms with Crippen LogP contribution in [0.15, 0.2) is 24.4 Å². The number of benzene rings is 1. The summed E-state index contributed by atoms with van der Waals surface area (Å²) in [5.74, 6) is -0.265. The maximum atomic E-state index is 12.2. The Balaban J connectivity index is 2.30. The van der Waals surface area contributed by atoms with Gasteiger partial charge in [-0.15, -0.1) is 0 Å². The molecular formula is C14H16ClN3O2. The third-order valence-corrected chi connectivity index (χ3v) is 3.25. The first-order valence-electron chi connectivity index (χ1n) is 6.25. The maximum absolute atomic E-state index is 12.2. The smallest absolute Gasteiger partial charge is 0.270 e. The molecule has 0 aliphatic carbocycles. The summed E-state index contributed by atoms with van der Waals surface area (Å²) >= 11 is 6.17. The van der Waals surface area contributed by atoms with E-state index in [1.807, 2.05) is 0 Å². The SMILES string of the molecule is COCCCNC(=O)c1nccc2c(N)ccc(Cl)c12. The Bertz CT molecular complexity index is 631. The number of fused-ring (bicyclic) bond motifs is 1. The zero-order valence-electron chi connectivity index (χ0n) is 11.1. The zero-order chi connectivity index (χ0) is 14.5. The molecule has 5 nitrogen and oxygen atoms in total. The number of methoxy groups -OCH3 is 1. The Kier molecular flexibility index (Phi) is 4.76. The van der Waals surface area contributed by atoms with Crippen molar-refractivity contribution in [2.24, 2.45) is 0 Å². The summed E-state index contributed by atoms with van der Waals surface area (Å²) in [6, 6.07) is 5.13. The fourth-order valence-corrected chi connectivity index (χ4v) is 2.21. The number of pyridine rings is 1. The molecule has 0 radical (unpaired) electrons. The average Bonchev–Trinajstić information content (AvgIpc) is 2.47. The van der Waals surface area contributed by atoms with Gasteiger partial charge in [-0.05, 0) is 24.6 Å². The Hall–Kier alpha value is -1.85. The van der Waals surface area contributed by atoms with Gasteiger partial charge in [0.2, 0.25) is 0 Å². The van der Waals surface area contributed by atoms with Crippen molar-refractivity contribution >= 4 is 34.0 Å². The predicted molar refractivity (Wildman–Crippen MR) is 80.0 cm³/mol. The third kappa shape index (κ3) is 3.00. The van der Waals surface area contributed by atoms with Crippen molar-refractivity contribution < 1.29 is 9.53 Å². The number of hydrogen-bond acceptors (Lipinski definition) is 4. The maximum Gasteiger partial charge on any atom is 0.270 e. The lowest BCUT2D eigenvalue weighted by Gasteiger charge is -2.09. The topological polar surface area (TPSA) is 77.2 Å². The van der Waals surface area contributed by atoms with E-state index >= 15 is 0 Å². The number of ether oxygens (including phenoxy) is 1. The standard InChI is InChI=1S/C14H16ClN3O2/c1-20-8-2-6-18-14(19)13-12-9(5-7-17-13)11(16)4-3-10(12)15/h3-5,7H,2,6,8,16H2,1H3,(H,18,19). The van der Waals surface area contributed by atoms with E-state index in [4.69, 9.17) is 22.1 Å². The Morgan fingerprint density at radius 3 is 3.00 bits per heavy atom. The van der Waals surface area contributed by atoms with Gasteiger partial charge in [0.25, 0.3) is 5.91 Å². The number of nitrogens with two attached hydrogens (primary N) is 1. The summed E-state index contributed by atoms with van der Waals surface area (Å²) in [5, 5.41) is 4.57. The van der Waals surface area contributed by atoms with E-state index < -0.39 is 0 Å². The molecule has 0 bridgehead atoms. The van der Waals surface area contributed by atoms with Crippen molar-refractivity contribution in [3.8, 4) is 0 Å². The number of nitrogens with zero attached hydrogens (tertiary/aromatic N) is 1. The van der Waals surface area contributed by atoms with Crippen LogP contribution in [0.25, 0.3) is 10.8 Å². The van der Waals surface area contributed by atoms with Gasteiger partial charge >= 0.3 is 0 Å². The van der Waals surface area contributed by atoms with Gasteiger partial charge < -0.3 is 15.8 Å². The molecule has 0 spiro atoms. The number of rotatable bonds is 5. The molecule has 20 heavy (non-hydrogen) atoms. The number of aromatic nitrogens is 1. The summed E-state index contributed by atoms with van der Waals surface area (Å²) in [7, 11) is 1.62.